The zero-order valence-corrected chi connectivity index (χ0v) is 18.0. The van der Waals surface area contributed by atoms with Gasteiger partial charge in [-0.15, -0.1) is 0 Å². The molecule has 0 saturated carbocycles. The van der Waals surface area contributed by atoms with E-state index in [4.69, 9.17) is 44.0 Å². The monoisotopic (exact) mass is 456 g/mol. The van der Waals surface area contributed by atoms with E-state index in [1.54, 1.807) is 0 Å². The lowest BCUT2D eigenvalue weighted by Gasteiger charge is -1.93. The summed E-state index contributed by atoms with van der Waals surface area (Å²) in [6.45, 7) is -6.90. The Balaban J connectivity index is -0.000000108. The van der Waals surface area contributed by atoms with Crippen LogP contribution in [-0.2, 0) is 35.4 Å². The van der Waals surface area contributed by atoms with Gasteiger partial charge in [0, 0.05) is 0 Å². The topological polar surface area (TPSA) is 182 Å². The van der Waals surface area contributed by atoms with Gasteiger partial charge in [0.05, 0.1) is 0 Å². The van der Waals surface area contributed by atoms with Gasteiger partial charge >= 0.3 is 20.2 Å². The van der Waals surface area contributed by atoms with Gasteiger partial charge in [-0.2, -0.15) is 0 Å². The zero-order valence-electron chi connectivity index (χ0n) is 12.8. The highest BCUT2D eigenvalue weighted by Gasteiger charge is 1.93. The molecule has 0 aromatic rings. The molecular formula is C8H27O9P3S3. The van der Waals surface area contributed by atoms with Crippen molar-refractivity contribution in [2.75, 3.05) is 0 Å². The molecule has 0 aliphatic rings. The second kappa shape index (κ2) is 18.4. The van der Waals surface area contributed by atoms with E-state index in [0.29, 0.717) is 0 Å². The number of rotatable bonds is 5. The fourth-order valence-corrected chi connectivity index (χ4v) is 0.854. The minimum absolute atomic E-state index is 1.36. The van der Waals surface area contributed by atoms with Crippen LogP contribution in [0.3, 0.4) is 0 Å². The van der Waals surface area contributed by atoms with E-state index in [2.05, 4.69) is 49.3 Å². The first-order chi connectivity index (χ1) is 9.91. The smallest absolute Gasteiger partial charge is 0.319 e. The highest BCUT2D eigenvalue weighted by molar-refractivity contribution is 8.06. The van der Waals surface area contributed by atoms with E-state index in [1.165, 1.54) is 38.5 Å². The van der Waals surface area contributed by atoms with Crippen molar-refractivity contribution >= 4 is 55.6 Å². The molecule has 0 spiro atoms. The summed E-state index contributed by atoms with van der Waals surface area (Å²) < 4.78 is 0. The van der Waals surface area contributed by atoms with E-state index in [0.717, 1.165) is 0 Å². The molecule has 0 radical (unpaired) electrons. The van der Waals surface area contributed by atoms with E-state index < -0.39 is 20.2 Å². The molecule has 0 aromatic carbocycles. The van der Waals surface area contributed by atoms with Crippen LogP contribution in [0.2, 0.25) is 0 Å². The first kappa shape index (κ1) is 32.3. The molecule has 0 bridgehead atoms. The van der Waals surface area contributed by atoms with E-state index in [-0.39, 0.29) is 0 Å². The fraction of sp³-hybridized carbons (Fsp3) is 1.00. The van der Waals surface area contributed by atoms with Gasteiger partial charge in [-0.1, -0.05) is 52.4 Å². The molecule has 146 valence electrons. The fourth-order valence-electron chi connectivity index (χ4n) is 0.854. The first-order valence-electron chi connectivity index (χ1n) is 6.26. The van der Waals surface area contributed by atoms with Crippen molar-refractivity contribution in [3.63, 3.8) is 0 Å². The van der Waals surface area contributed by atoms with Crippen molar-refractivity contribution in [2.45, 2.75) is 52.4 Å². The lowest BCUT2D eigenvalue weighted by Crippen LogP contribution is -1.73. The molecule has 0 unspecified atom stereocenters. The molecule has 0 heterocycles. The Kier molecular flexibility index (Phi) is 25.8. The minimum Gasteiger partial charge on any atom is -0.325 e. The third-order valence-electron chi connectivity index (χ3n) is 1.46. The summed E-state index contributed by atoms with van der Waals surface area (Å²) in [5, 5.41) is 0. The average molecular weight is 456 g/mol. The van der Waals surface area contributed by atoms with Gasteiger partial charge in [0.25, 0.3) is 0 Å². The van der Waals surface area contributed by atoms with Crippen LogP contribution in [-0.4, -0.2) is 44.0 Å². The molecule has 0 aromatic heterocycles. The molecule has 9 nitrogen and oxygen atoms in total. The molecule has 9 N–H and O–H groups in total. The largest absolute Gasteiger partial charge is 0.325 e. The Bertz CT molecular complexity index is 300. The Morgan fingerprint density at radius 3 is 0.696 bits per heavy atom. The highest BCUT2D eigenvalue weighted by atomic mass is 32.5. The van der Waals surface area contributed by atoms with Gasteiger partial charge < -0.3 is 44.0 Å². The van der Waals surface area contributed by atoms with Crippen LogP contribution in [0, 0.1) is 0 Å². The molecule has 0 atom stereocenters. The SMILES string of the molecule is CCCCCCCC.OP(O)(O)=S.OP(O)(O)=S.OP(O)(O)=S. The summed E-state index contributed by atoms with van der Waals surface area (Å²) >= 11 is 10.8. The second-order valence-corrected chi connectivity index (χ2v) is 11.4. The predicted octanol–water partition coefficient (Wildman–Crippen LogP) is 0.930. The van der Waals surface area contributed by atoms with Crippen molar-refractivity contribution in [3.05, 3.63) is 0 Å². The predicted molar refractivity (Wildman–Crippen MR) is 102 cm³/mol. The van der Waals surface area contributed by atoms with Crippen molar-refractivity contribution in [1.82, 2.24) is 0 Å². The van der Waals surface area contributed by atoms with Gasteiger partial charge in [0.1, 0.15) is 0 Å². The summed E-state index contributed by atoms with van der Waals surface area (Å²) in [7, 11) is 0. The quantitative estimate of drug-likeness (QED) is 0.211. The number of hydrogen-bond acceptors (Lipinski definition) is 3. The molecule has 0 aliphatic carbocycles. The second-order valence-electron chi connectivity index (χ2n) is 3.95. The van der Waals surface area contributed by atoms with Crippen LogP contribution < -0.4 is 0 Å². The van der Waals surface area contributed by atoms with Crippen molar-refractivity contribution < 1.29 is 44.0 Å². The Morgan fingerprint density at radius 1 is 0.478 bits per heavy atom. The van der Waals surface area contributed by atoms with E-state index >= 15 is 0 Å². The molecule has 23 heavy (non-hydrogen) atoms. The summed E-state index contributed by atoms with van der Waals surface area (Å²) in [5.41, 5.74) is 0. The molecule has 15 heteroatoms. The average Bonchev–Trinajstić information content (AvgIpc) is 2.17. The molecule has 0 amide bonds. The van der Waals surface area contributed by atoms with Crippen molar-refractivity contribution in [2.24, 2.45) is 0 Å². The molecule has 0 saturated heterocycles. The molecule has 0 fully saturated rings. The van der Waals surface area contributed by atoms with Gasteiger partial charge in [-0.25, -0.2) is 0 Å². The first-order valence-corrected chi connectivity index (χ1v) is 14.2. The number of unbranched alkanes of at least 4 members (excludes halogenated alkanes) is 5. The minimum atomic E-state index is -3.81. The maximum atomic E-state index is 7.56. The standard InChI is InChI=1S/C8H18.3H3O3PS/c1-3-5-7-8-6-4-2;3*1-4(2,3)5/h3-8H2,1-2H3;3*(H3,1,2,3,5). The maximum absolute atomic E-state index is 7.56. The van der Waals surface area contributed by atoms with Crippen molar-refractivity contribution in [1.29, 1.82) is 0 Å². The van der Waals surface area contributed by atoms with Gasteiger partial charge in [-0.3, -0.25) is 0 Å². The van der Waals surface area contributed by atoms with E-state index in [9.17, 15) is 0 Å². The van der Waals surface area contributed by atoms with E-state index in [1.807, 2.05) is 0 Å². The normalized spacial score (nSPS) is 11.1. The van der Waals surface area contributed by atoms with Crippen LogP contribution >= 0.6 is 20.2 Å². The molecular weight excluding hydrogens is 429 g/mol. The number of hydrogen-bond donors (Lipinski definition) is 9. The summed E-state index contributed by atoms with van der Waals surface area (Å²) in [5.74, 6) is 0. The van der Waals surface area contributed by atoms with Crippen LogP contribution in [0.5, 0.6) is 0 Å². The lowest BCUT2D eigenvalue weighted by atomic mass is 10.1. The lowest BCUT2D eigenvalue weighted by molar-refractivity contribution is 0.361. The Labute approximate surface area is 152 Å². The third-order valence-corrected chi connectivity index (χ3v) is 1.46. The summed E-state index contributed by atoms with van der Waals surface area (Å²) in [6, 6.07) is 0. The molecule has 0 aliphatic heterocycles. The van der Waals surface area contributed by atoms with Crippen LogP contribution in [0.4, 0.5) is 0 Å². The zero-order chi connectivity index (χ0) is 19.7. The van der Waals surface area contributed by atoms with Crippen molar-refractivity contribution in [3.8, 4) is 0 Å². The summed E-state index contributed by atoms with van der Waals surface area (Å²) in [6.07, 6.45) is 8.49. The third kappa shape index (κ3) is 253. The highest BCUT2D eigenvalue weighted by Crippen LogP contribution is 2.27. The van der Waals surface area contributed by atoms with Crippen LogP contribution in [0.15, 0.2) is 0 Å². The summed E-state index contributed by atoms with van der Waals surface area (Å²) in [4.78, 5) is 68.0. The molecule has 0 rings (SSSR count). The van der Waals surface area contributed by atoms with Crippen LogP contribution in [0.1, 0.15) is 52.4 Å². The van der Waals surface area contributed by atoms with Gasteiger partial charge in [-0.05, 0) is 35.4 Å². The van der Waals surface area contributed by atoms with Gasteiger partial charge in [0.2, 0.25) is 0 Å². The maximum Gasteiger partial charge on any atom is 0.319 e. The Hall–Kier alpha value is 1.59. The Morgan fingerprint density at radius 2 is 0.609 bits per heavy atom. The van der Waals surface area contributed by atoms with Crippen LogP contribution in [0.25, 0.3) is 0 Å². The van der Waals surface area contributed by atoms with Gasteiger partial charge in [0.15, 0.2) is 0 Å².